The SMILES string of the molecule is CS(=O)(=O)N(CCn1ccc2ncnc(Nc3ccc(Oc4cccc(C(F)(F)F)c4)c(Cl)c3)c21)CC(N)=O. The first-order chi connectivity index (χ1) is 18.3. The van der Waals surface area contributed by atoms with Gasteiger partial charge < -0.3 is 20.4 Å². The summed E-state index contributed by atoms with van der Waals surface area (Å²) >= 11 is 6.35. The topological polar surface area (TPSA) is 132 Å². The Kier molecular flexibility index (Phi) is 7.99. The van der Waals surface area contributed by atoms with Gasteiger partial charge >= 0.3 is 6.18 Å². The number of carbonyl (C=O) groups excluding carboxylic acids is 1. The zero-order valence-electron chi connectivity index (χ0n) is 20.3. The third kappa shape index (κ3) is 6.96. The highest BCUT2D eigenvalue weighted by atomic mass is 35.5. The molecule has 0 fully saturated rings. The van der Waals surface area contributed by atoms with Crippen molar-refractivity contribution in [2.24, 2.45) is 5.73 Å². The first kappa shape index (κ1) is 28.1. The van der Waals surface area contributed by atoms with Gasteiger partial charge in [0.25, 0.3) is 0 Å². The Bertz CT molecular complexity index is 1630. The quantitative estimate of drug-likeness (QED) is 0.283. The van der Waals surface area contributed by atoms with Crippen LogP contribution in [0.25, 0.3) is 11.0 Å². The van der Waals surface area contributed by atoms with Crippen molar-refractivity contribution in [3.8, 4) is 11.5 Å². The Labute approximate surface area is 226 Å². The number of amides is 1. The van der Waals surface area contributed by atoms with Gasteiger partial charge in [-0.2, -0.15) is 17.5 Å². The van der Waals surface area contributed by atoms with Gasteiger partial charge in [0.15, 0.2) is 5.82 Å². The summed E-state index contributed by atoms with van der Waals surface area (Å²) in [5, 5.41) is 3.25. The Balaban J connectivity index is 1.55. The first-order valence-electron chi connectivity index (χ1n) is 11.3. The van der Waals surface area contributed by atoms with Gasteiger partial charge in [0.2, 0.25) is 15.9 Å². The molecule has 2 aromatic heterocycles. The van der Waals surface area contributed by atoms with Crippen molar-refractivity contribution in [1.82, 2.24) is 18.8 Å². The molecule has 1 amide bonds. The first-order valence-corrected chi connectivity index (χ1v) is 13.5. The summed E-state index contributed by atoms with van der Waals surface area (Å²) in [6.07, 6.45) is -0.474. The highest BCUT2D eigenvalue weighted by Gasteiger charge is 2.30. The molecule has 0 aliphatic heterocycles. The van der Waals surface area contributed by atoms with E-state index in [4.69, 9.17) is 22.1 Å². The number of hydrogen-bond acceptors (Lipinski definition) is 7. The maximum atomic E-state index is 13.0. The van der Waals surface area contributed by atoms with E-state index < -0.39 is 34.2 Å². The molecule has 10 nitrogen and oxygen atoms in total. The van der Waals surface area contributed by atoms with E-state index in [2.05, 4.69) is 15.3 Å². The van der Waals surface area contributed by atoms with E-state index in [1.807, 2.05) is 0 Å². The predicted octanol–water partition coefficient (Wildman–Crippen LogP) is 4.39. The number of aromatic nitrogens is 3. The van der Waals surface area contributed by atoms with Crippen LogP contribution < -0.4 is 15.8 Å². The lowest BCUT2D eigenvalue weighted by Crippen LogP contribution is -2.39. The molecule has 0 bridgehead atoms. The number of hydrogen-bond donors (Lipinski definition) is 2. The zero-order chi connectivity index (χ0) is 28.4. The molecule has 0 spiro atoms. The number of fused-ring (bicyclic) bond motifs is 1. The van der Waals surface area contributed by atoms with Crippen molar-refractivity contribution in [3.05, 3.63) is 71.6 Å². The fourth-order valence-electron chi connectivity index (χ4n) is 3.73. The Morgan fingerprint density at radius 1 is 1.18 bits per heavy atom. The number of ether oxygens (including phenoxy) is 1. The van der Waals surface area contributed by atoms with Crippen molar-refractivity contribution in [3.63, 3.8) is 0 Å². The van der Waals surface area contributed by atoms with E-state index in [1.165, 1.54) is 30.6 Å². The summed E-state index contributed by atoms with van der Waals surface area (Å²) in [7, 11) is -3.68. The fourth-order valence-corrected chi connectivity index (χ4v) is 4.72. The molecule has 2 heterocycles. The van der Waals surface area contributed by atoms with Crippen LogP contribution in [0.5, 0.6) is 11.5 Å². The minimum absolute atomic E-state index is 0.0205. The second kappa shape index (κ2) is 11.1. The van der Waals surface area contributed by atoms with E-state index in [1.54, 1.807) is 22.9 Å². The summed E-state index contributed by atoms with van der Waals surface area (Å²) in [4.78, 5) is 19.8. The zero-order valence-corrected chi connectivity index (χ0v) is 21.9. The molecular formula is C24H22ClF3N6O4S. The normalized spacial score (nSPS) is 12.2. The van der Waals surface area contributed by atoms with Crippen LogP contribution in [0, 0.1) is 0 Å². The Hall–Kier alpha value is -3.88. The van der Waals surface area contributed by atoms with Gasteiger partial charge in [-0.25, -0.2) is 18.4 Å². The minimum Gasteiger partial charge on any atom is -0.456 e. The highest BCUT2D eigenvalue weighted by Crippen LogP contribution is 2.36. The fraction of sp³-hybridized carbons (Fsp3) is 0.208. The molecule has 2 aromatic carbocycles. The molecule has 4 rings (SSSR count). The lowest BCUT2D eigenvalue weighted by atomic mass is 10.2. The van der Waals surface area contributed by atoms with Gasteiger partial charge in [0.05, 0.1) is 28.9 Å². The van der Waals surface area contributed by atoms with Crippen LogP contribution in [0.1, 0.15) is 5.56 Å². The van der Waals surface area contributed by atoms with Gasteiger partial charge in [-0.1, -0.05) is 17.7 Å². The number of nitrogens with two attached hydrogens (primary N) is 1. The smallest absolute Gasteiger partial charge is 0.416 e. The third-order valence-corrected chi connectivity index (χ3v) is 7.07. The molecule has 0 radical (unpaired) electrons. The average molecular weight is 583 g/mol. The van der Waals surface area contributed by atoms with Gasteiger partial charge in [-0.15, -0.1) is 0 Å². The van der Waals surface area contributed by atoms with Crippen LogP contribution >= 0.6 is 11.6 Å². The minimum atomic E-state index is -4.51. The number of nitrogens with zero attached hydrogens (tertiary/aromatic N) is 4. The number of nitrogens with one attached hydrogen (secondary N) is 1. The van der Waals surface area contributed by atoms with E-state index in [9.17, 15) is 26.4 Å². The van der Waals surface area contributed by atoms with Gasteiger partial charge in [-0.05, 0) is 42.5 Å². The maximum Gasteiger partial charge on any atom is 0.416 e. The van der Waals surface area contributed by atoms with Crippen molar-refractivity contribution in [2.45, 2.75) is 12.7 Å². The third-order valence-electron chi connectivity index (χ3n) is 5.53. The largest absolute Gasteiger partial charge is 0.456 e. The van der Waals surface area contributed by atoms with Gasteiger partial charge in [0.1, 0.15) is 23.3 Å². The number of carbonyl (C=O) groups is 1. The predicted molar refractivity (Wildman–Crippen MR) is 139 cm³/mol. The van der Waals surface area contributed by atoms with Crippen LogP contribution in [0.15, 0.2) is 61.1 Å². The summed E-state index contributed by atoms with van der Waals surface area (Å²) in [6, 6.07) is 10.8. The number of anilines is 2. The van der Waals surface area contributed by atoms with Crippen molar-refractivity contribution in [2.75, 3.05) is 24.7 Å². The second-order valence-corrected chi connectivity index (χ2v) is 10.8. The van der Waals surface area contributed by atoms with E-state index in [-0.39, 0.29) is 29.6 Å². The second-order valence-electron chi connectivity index (χ2n) is 8.43. The van der Waals surface area contributed by atoms with Crippen LogP contribution in [0.2, 0.25) is 5.02 Å². The van der Waals surface area contributed by atoms with Crippen molar-refractivity contribution >= 4 is 50.1 Å². The lowest BCUT2D eigenvalue weighted by molar-refractivity contribution is -0.137. The molecule has 3 N–H and O–H groups in total. The van der Waals surface area contributed by atoms with E-state index >= 15 is 0 Å². The summed E-state index contributed by atoms with van der Waals surface area (Å²) in [5.74, 6) is -0.274. The van der Waals surface area contributed by atoms with Crippen LogP contribution in [0.3, 0.4) is 0 Å². The van der Waals surface area contributed by atoms with E-state index in [0.29, 0.717) is 22.5 Å². The molecule has 0 aliphatic rings. The van der Waals surface area contributed by atoms with Crippen molar-refractivity contribution < 1.29 is 31.1 Å². The van der Waals surface area contributed by atoms with Gasteiger partial charge in [0, 0.05) is 25.0 Å². The standard InChI is InChI=1S/C24H22ClF3N6O4S/c1-39(36,37)34(13-21(29)35)10-9-33-8-7-19-22(33)23(31-14-30-19)32-16-5-6-20(18(25)12-16)38-17-4-2-3-15(11-17)24(26,27)28/h2-8,11-12,14H,9-10,13H2,1H3,(H2,29,35)(H,30,31,32). The molecule has 0 saturated heterocycles. The maximum absolute atomic E-state index is 13.0. The molecule has 4 aromatic rings. The Morgan fingerprint density at radius 3 is 2.62 bits per heavy atom. The molecular weight excluding hydrogens is 561 g/mol. The van der Waals surface area contributed by atoms with Gasteiger partial charge in [-0.3, -0.25) is 4.79 Å². The number of rotatable bonds is 10. The Morgan fingerprint density at radius 2 is 1.95 bits per heavy atom. The number of alkyl halides is 3. The lowest BCUT2D eigenvalue weighted by Gasteiger charge is -2.19. The highest BCUT2D eigenvalue weighted by molar-refractivity contribution is 7.88. The monoisotopic (exact) mass is 582 g/mol. The molecule has 0 unspecified atom stereocenters. The average Bonchev–Trinajstić information content (AvgIpc) is 3.26. The molecule has 39 heavy (non-hydrogen) atoms. The van der Waals surface area contributed by atoms with Crippen LogP contribution in [-0.2, 0) is 27.5 Å². The number of halogens is 4. The van der Waals surface area contributed by atoms with Crippen LogP contribution in [-0.4, -0.2) is 52.5 Å². The molecule has 206 valence electrons. The molecule has 0 saturated carbocycles. The number of primary amides is 1. The number of benzene rings is 2. The molecule has 15 heteroatoms. The number of sulfonamides is 1. The summed E-state index contributed by atoms with van der Waals surface area (Å²) in [6.45, 7) is -0.295. The molecule has 0 atom stereocenters. The van der Waals surface area contributed by atoms with Crippen LogP contribution in [0.4, 0.5) is 24.7 Å². The summed E-state index contributed by atoms with van der Waals surface area (Å²) in [5.41, 5.74) is 5.96. The summed E-state index contributed by atoms with van der Waals surface area (Å²) < 4.78 is 71.3. The van der Waals surface area contributed by atoms with Crippen molar-refractivity contribution in [1.29, 1.82) is 0 Å². The molecule has 0 aliphatic carbocycles. The van der Waals surface area contributed by atoms with E-state index in [0.717, 1.165) is 22.7 Å².